The summed E-state index contributed by atoms with van der Waals surface area (Å²) in [6, 6.07) is 10.5. The van der Waals surface area contributed by atoms with Crippen LogP contribution in [-0.2, 0) is 4.79 Å². The Labute approximate surface area is 140 Å². The van der Waals surface area contributed by atoms with Gasteiger partial charge in [0.15, 0.2) is 18.1 Å². The number of phenols is 1. The zero-order valence-electron chi connectivity index (χ0n) is 13.9. The summed E-state index contributed by atoms with van der Waals surface area (Å²) in [6.45, 7) is 3.80. The topological polar surface area (TPSA) is 80.2 Å². The van der Waals surface area contributed by atoms with Crippen LogP contribution >= 0.6 is 0 Å². The van der Waals surface area contributed by atoms with Crippen molar-refractivity contribution in [3.05, 3.63) is 53.1 Å². The van der Waals surface area contributed by atoms with Crippen molar-refractivity contribution in [2.24, 2.45) is 5.10 Å². The molecule has 0 aliphatic rings. The Kier molecular flexibility index (Phi) is 5.78. The van der Waals surface area contributed by atoms with E-state index in [4.69, 9.17) is 9.47 Å². The first-order valence-corrected chi connectivity index (χ1v) is 7.38. The molecule has 6 nitrogen and oxygen atoms in total. The molecule has 2 aromatic rings. The van der Waals surface area contributed by atoms with Crippen molar-refractivity contribution in [1.82, 2.24) is 5.43 Å². The number of hydrazone groups is 1. The van der Waals surface area contributed by atoms with E-state index in [0.29, 0.717) is 17.1 Å². The van der Waals surface area contributed by atoms with Crippen molar-refractivity contribution >= 4 is 12.1 Å². The molecule has 0 heterocycles. The summed E-state index contributed by atoms with van der Waals surface area (Å²) in [5, 5.41) is 13.4. The zero-order valence-corrected chi connectivity index (χ0v) is 13.9. The van der Waals surface area contributed by atoms with E-state index in [1.165, 1.54) is 19.4 Å². The average molecular weight is 328 g/mol. The van der Waals surface area contributed by atoms with Crippen LogP contribution in [0.25, 0.3) is 0 Å². The van der Waals surface area contributed by atoms with Gasteiger partial charge in [0.2, 0.25) is 0 Å². The number of aromatic hydroxyl groups is 1. The van der Waals surface area contributed by atoms with Crippen molar-refractivity contribution in [2.45, 2.75) is 13.8 Å². The molecule has 0 saturated carbocycles. The van der Waals surface area contributed by atoms with Gasteiger partial charge in [-0.05, 0) is 49.2 Å². The molecule has 6 heteroatoms. The monoisotopic (exact) mass is 328 g/mol. The number of nitrogens with one attached hydrogen (secondary N) is 1. The second kappa shape index (κ2) is 8.01. The van der Waals surface area contributed by atoms with E-state index in [1.807, 2.05) is 32.0 Å². The Hall–Kier alpha value is -3.02. The third-order valence-electron chi connectivity index (χ3n) is 3.30. The van der Waals surface area contributed by atoms with E-state index in [2.05, 4.69) is 10.5 Å². The highest BCUT2D eigenvalue weighted by molar-refractivity contribution is 5.83. The van der Waals surface area contributed by atoms with Crippen molar-refractivity contribution in [1.29, 1.82) is 0 Å². The molecule has 126 valence electrons. The number of aryl methyl sites for hydroxylation is 2. The van der Waals surface area contributed by atoms with Crippen LogP contribution in [0.4, 0.5) is 0 Å². The second-order valence-corrected chi connectivity index (χ2v) is 5.28. The Morgan fingerprint density at radius 2 is 2.00 bits per heavy atom. The fourth-order valence-electron chi connectivity index (χ4n) is 2.09. The van der Waals surface area contributed by atoms with Crippen LogP contribution in [0, 0.1) is 13.8 Å². The van der Waals surface area contributed by atoms with Crippen molar-refractivity contribution in [3.8, 4) is 17.2 Å². The number of carbonyl (C=O) groups is 1. The highest BCUT2D eigenvalue weighted by Gasteiger charge is 2.04. The Morgan fingerprint density at radius 3 is 2.71 bits per heavy atom. The van der Waals surface area contributed by atoms with Gasteiger partial charge in [-0.1, -0.05) is 17.7 Å². The van der Waals surface area contributed by atoms with Gasteiger partial charge in [0.1, 0.15) is 5.75 Å². The highest BCUT2D eigenvalue weighted by Crippen LogP contribution is 2.25. The molecule has 0 fully saturated rings. The first-order chi connectivity index (χ1) is 11.5. The SMILES string of the molecule is COc1cc(C=NNC(=O)COc2ccc(C)cc2C)ccc1O. The van der Waals surface area contributed by atoms with E-state index in [9.17, 15) is 9.90 Å². The third kappa shape index (κ3) is 4.74. The minimum absolute atomic E-state index is 0.0422. The molecule has 0 radical (unpaired) electrons. The van der Waals surface area contributed by atoms with Crippen molar-refractivity contribution in [2.75, 3.05) is 13.7 Å². The van der Waals surface area contributed by atoms with Crippen molar-refractivity contribution < 1.29 is 19.4 Å². The van der Waals surface area contributed by atoms with Gasteiger partial charge in [0.05, 0.1) is 13.3 Å². The predicted octanol–water partition coefficient (Wildman–Crippen LogP) is 2.55. The highest BCUT2D eigenvalue weighted by atomic mass is 16.5. The summed E-state index contributed by atoms with van der Waals surface area (Å²) >= 11 is 0. The first-order valence-electron chi connectivity index (χ1n) is 7.38. The number of carbonyl (C=O) groups excluding carboxylic acids is 1. The van der Waals surface area contributed by atoms with Crippen LogP contribution < -0.4 is 14.9 Å². The van der Waals surface area contributed by atoms with Gasteiger partial charge in [-0.3, -0.25) is 4.79 Å². The summed E-state index contributed by atoms with van der Waals surface area (Å²) in [5.41, 5.74) is 5.18. The number of hydrogen-bond donors (Lipinski definition) is 2. The van der Waals surface area contributed by atoms with Crippen LogP contribution in [-0.4, -0.2) is 30.9 Å². The van der Waals surface area contributed by atoms with Gasteiger partial charge in [-0.15, -0.1) is 0 Å². The minimum atomic E-state index is -0.364. The molecular formula is C18H20N2O4. The summed E-state index contributed by atoms with van der Waals surface area (Å²) < 4.78 is 10.5. The van der Waals surface area contributed by atoms with E-state index in [0.717, 1.165) is 11.1 Å². The number of amides is 1. The van der Waals surface area contributed by atoms with Gasteiger partial charge >= 0.3 is 0 Å². The maximum Gasteiger partial charge on any atom is 0.277 e. The number of methoxy groups -OCH3 is 1. The van der Waals surface area contributed by atoms with Crippen LogP contribution in [0.2, 0.25) is 0 Å². The molecule has 2 rings (SSSR count). The Morgan fingerprint density at radius 1 is 1.21 bits per heavy atom. The molecule has 0 aromatic heterocycles. The molecule has 0 aliphatic carbocycles. The van der Waals surface area contributed by atoms with Gasteiger partial charge in [0, 0.05) is 0 Å². The van der Waals surface area contributed by atoms with Crippen LogP contribution in [0.1, 0.15) is 16.7 Å². The van der Waals surface area contributed by atoms with Gasteiger partial charge in [0.25, 0.3) is 5.91 Å². The molecule has 24 heavy (non-hydrogen) atoms. The quantitative estimate of drug-likeness (QED) is 0.631. The lowest BCUT2D eigenvalue weighted by Gasteiger charge is -2.08. The van der Waals surface area contributed by atoms with Gasteiger partial charge < -0.3 is 14.6 Å². The summed E-state index contributed by atoms with van der Waals surface area (Å²) in [6.07, 6.45) is 1.46. The molecule has 2 aromatic carbocycles. The Bertz CT molecular complexity index is 757. The number of nitrogens with zero attached hydrogens (tertiary/aromatic N) is 1. The predicted molar refractivity (Wildman–Crippen MR) is 91.8 cm³/mol. The molecule has 0 bridgehead atoms. The lowest BCUT2D eigenvalue weighted by Crippen LogP contribution is -2.24. The van der Waals surface area contributed by atoms with Crippen LogP contribution in [0.3, 0.4) is 0 Å². The fourth-order valence-corrected chi connectivity index (χ4v) is 2.09. The summed E-state index contributed by atoms with van der Waals surface area (Å²) in [5.74, 6) is 0.684. The molecule has 0 atom stereocenters. The molecule has 0 aliphatic heterocycles. The first kappa shape index (κ1) is 17.3. The van der Waals surface area contributed by atoms with Crippen molar-refractivity contribution in [3.63, 3.8) is 0 Å². The smallest absolute Gasteiger partial charge is 0.277 e. The number of hydrogen-bond acceptors (Lipinski definition) is 5. The Balaban J connectivity index is 1.86. The lowest BCUT2D eigenvalue weighted by atomic mass is 10.1. The minimum Gasteiger partial charge on any atom is -0.504 e. The summed E-state index contributed by atoms with van der Waals surface area (Å²) in [7, 11) is 1.46. The van der Waals surface area contributed by atoms with E-state index < -0.39 is 0 Å². The zero-order chi connectivity index (χ0) is 17.5. The number of ether oxygens (including phenoxy) is 2. The molecule has 2 N–H and O–H groups in total. The van der Waals surface area contributed by atoms with Crippen LogP contribution in [0.15, 0.2) is 41.5 Å². The number of rotatable bonds is 6. The molecule has 0 spiro atoms. The molecule has 0 saturated heterocycles. The van der Waals surface area contributed by atoms with Gasteiger partial charge in [-0.2, -0.15) is 5.10 Å². The molecule has 0 unspecified atom stereocenters. The normalized spacial score (nSPS) is 10.6. The number of benzene rings is 2. The molecular weight excluding hydrogens is 308 g/mol. The maximum atomic E-state index is 11.7. The maximum absolute atomic E-state index is 11.7. The second-order valence-electron chi connectivity index (χ2n) is 5.28. The fraction of sp³-hybridized carbons (Fsp3) is 0.222. The average Bonchev–Trinajstić information content (AvgIpc) is 2.55. The molecule has 1 amide bonds. The van der Waals surface area contributed by atoms with E-state index in [-0.39, 0.29) is 18.3 Å². The summed E-state index contributed by atoms with van der Waals surface area (Å²) in [4.78, 5) is 11.7. The lowest BCUT2D eigenvalue weighted by molar-refractivity contribution is -0.123. The van der Waals surface area contributed by atoms with E-state index >= 15 is 0 Å². The van der Waals surface area contributed by atoms with E-state index in [1.54, 1.807) is 12.1 Å². The van der Waals surface area contributed by atoms with Crippen LogP contribution in [0.5, 0.6) is 17.2 Å². The number of phenolic OH excluding ortho intramolecular Hbond substituents is 1. The third-order valence-corrected chi connectivity index (χ3v) is 3.30. The standard InChI is InChI=1S/C18H20N2O4/c1-12-4-7-16(13(2)8-12)24-11-18(22)20-19-10-14-5-6-15(21)17(9-14)23-3/h4-10,21H,11H2,1-3H3,(H,20,22). The van der Waals surface area contributed by atoms with Gasteiger partial charge in [-0.25, -0.2) is 5.43 Å². The largest absolute Gasteiger partial charge is 0.504 e.